The molecule has 2 heterocycles. The van der Waals surface area contributed by atoms with Crippen molar-refractivity contribution in [2.75, 3.05) is 39.5 Å². The van der Waals surface area contributed by atoms with E-state index in [0.29, 0.717) is 12.5 Å². The molecule has 2 rings (SSSR count). The molecule has 1 aromatic rings. The second-order valence-electron chi connectivity index (χ2n) is 5.57. The lowest BCUT2D eigenvalue weighted by atomic mass is 10.1. The average Bonchev–Trinajstić information content (AvgIpc) is 2.79. The quantitative estimate of drug-likeness (QED) is 0.812. The van der Waals surface area contributed by atoms with Crippen LogP contribution in [-0.4, -0.2) is 54.1 Å². The van der Waals surface area contributed by atoms with Crippen LogP contribution in [0.5, 0.6) is 5.88 Å². The van der Waals surface area contributed by atoms with Gasteiger partial charge in [-0.2, -0.15) is 0 Å². The van der Waals surface area contributed by atoms with Crippen molar-refractivity contribution < 1.29 is 9.47 Å². The molecule has 0 amide bonds. The van der Waals surface area contributed by atoms with Gasteiger partial charge in [0, 0.05) is 31.9 Å². The SMILES string of the molecule is CC(C)(C)n1ccc(OCCN2CCOCC2)n1. The number of hydrogen-bond donors (Lipinski definition) is 0. The van der Waals surface area contributed by atoms with Gasteiger partial charge >= 0.3 is 0 Å². The second-order valence-corrected chi connectivity index (χ2v) is 5.57. The first-order valence-electron chi connectivity index (χ1n) is 6.55. The van der Waals surface area contributed by atoms with Crippen molar-refractivity contribution in [2.24, 2.45) is 0 Å². The Morgan fingerprint density at radius 2 is 2.06 bits per heavy atom. The Balaban J connectivity index is 1.74. The van der Waals surface area contributed by atoms with Gasteiger partial charge in [0.15, 0.2) is 0 Å². The van der Waals surface area contributed by atoms with Gasteiger partial charge in [-0.1, -0.05) is 0 Å². The molecule has 0 saturated carbocycles. The van der Waals surface area contributed by atoms with Crippen molar-refractivity contribution in [2.45, 2.75) is 26.3 Å². The van der Waals surface area contributed by atoms with Crippen molar-refractivity contribution >= 4 is 0 Å². The standard InChI is InChI=1S/C13H23N3O2/c1-13(2,3)16-5-4-12(14-16)18-11-8-15-6-9-17-10-7-15/h4-5H,6-11H2,1-3H3. The van der Waals surface area contributed by atoms with Crippen LogP contribution in [0.1, 0.15) is 20.8 Å². The van der Waals surface area contributed by atoms with Crippen LogP contribution in [0, 0.1) is 0 Å². The van der Waals surface area contributed by atoms with E-state index in [1.807, 2.05) is 16.9 Å². The third-order valence-corrected chi connectivity index (χ3v) is 3.01. The van der Waals surface area contributed by atoms with Gasteiger partial charge in [-0.3, -0.25) is 9.58 Å². The molecule has 0 aromatic carbocycles. The van der Waals surface area contributed by atoms with Crippen molar-refractivity contribution in [3.05, 3.63) is 12.3 Å². The molecular weight excluding hydrogens is 230 g/mol. The summed E-state index contributed by atoms with van der Waals surface area (Å²) >= 11 is 0. The van der Waals surface area contributed by atoms with Gasteiger partial charge < -0.3 is 9.47 Å². The lowest BCUT2D eigenvalue weighted by Crippen LogP contribution is -2.38. The molecule has 5 heteroatoms. The highest BCUT2D eigenvalue weighted by molar-refractivity contribution is 5.06. The minimum atomic E-state index is 0.00577. The van der Waals surface area contributed by atoms with Gasteiger partial charge in [0.2, 0.25) is 5.88 Å². The highest BCUT2D eigenvalue weighted by Crippen LogP contribution is 2.15. The van der Waals surface area contributed by atoms with Gasteiger partial charge in [0.1, 0.15) is 6.61 Å². The highest BCUT2D eigenvalue weighted by atomic mass is 16.5. The molecule has 1 aliphatic rings. The van der Waals surface area contributed by atoms with Gasteiger partial charge in [0.25, 0.3) is 0 Å². The molecule has 1 fully saturated rings. The van der Waals surface area contributed by atoms with Crippen molar-refractivity contribution in [3.8, 4) is 5.88 Å². The maximum atomic E-state index is 5.67. The van der Waals surface area contributed by atoms with Crippen LogP contribution < -0.4 is 4.74 Å². The molecule has 5 nitrogen and oxygen atoms in total. The van der Waals surface area contributed by atoms with E-state index in [9.17, 15) is 0 Å². The first kappa shape index (κ1) is 13.4. The van der Waals surface area contributed by atoms with E-state index in [2.05, 4.69) is 30.8 Å². The Labute approximate surface area is 109 Å². The van der Waals surface area contributed by atoms with Gasteiger partial charge in [-0.05, 0) is 20.8 Å². The van der Waals surface area contributed by atoms with Crippen LogP contribution >= 0.6 is 0 Å². The molecule has 102 valence electrons. The molecular formula is C13H23N3O2. The van der Waals surface area contributed by atoms with Crippen LogP contribution in [-0.2, 0) is 10.3 Å². The monoisotopic (exact) mass is 253 g/mol. The fourth-order valence-electron chi connectivity index (χ4n) is 1.86. The lowest BCUT2D eigenvalue weighted by Gasteiger charge is -2.26. The fourth-order valence-corrected chi connectivity index (χ4v) is 1.86. The topological polar surface area (TPSA) is 39.5 Å². The zero-order valence-electron chi connectivity index (χ0n) is 11.6. The maximum absolute atomic E-state index is 5.67. The summed E-state index contributed by atoms with van der Waals surface area (Å²) < 4.78 is 12.9. The fraction of sp³-hybridized carbons (Fsp3) is 0.769. The number of hydrogen-bond acceptors (Lipinski definition) is 4. The number of morpholine rings is 1. The Hall–Kier alpha value is -1.07. The molecule has 0 bridgehead atoms. The number of nitrogens with zero attached hydrogens (tertiary/aromatic N) is 3. The summed E-state index contributed by atoms with van der Waals surface area (Å²) in [6.07, 6.45) is 1.96. The molecule has 1 aromatic heterocycles. The third kappa shape index (κ3) is 3.71. The Morgan fingerprint density at radius 1 is 1.33 bits per heavy atom. The lowest BCUT2D eigenvalue weighted by molar-refractivity contribution is 0.0319. The Morgan fingerprint density at radius 3 is 2.67 bits per heavy atom. The third-order valence-electron chi connectivity index (χ3n) is 3.01. The highest BCUT2D eigenvalue weighted by Gasteiger charge is 2.15. The number of rotatable bonds is 4. The summed E-state index contributed by atoms with van der Waals surface area (Å²) in [6, 6.07) is 1.92. The molecule has 1 aliphatic heterocycles. The van der Waals surface area contributed by atoms with Gasteiger partial charge in [-0.15, -0.1) is 5.10 Å². The summed E-state index contributed by atoms with van der Waals surface area (Å²) in [7, 11) is 0. The maximum Gasteiger partial charge on any atom is 0.232 e. The normalized spacial score (nSPS) is 17.9. The number of aromatic nitrogens is 2. The zero-order chi connectivity index (χ0) is 13.0. The Kier molecular flexibility index (Phi) is 4.24. The minimum Gasteiger partial charge on any atom is -0.475 e. The zero-order valence-corrected chi connectivity index (χ0v) is 11.6. The molecule has 0 N–H and O–H groups in total. The molecule has 0 spiro atoms. The average molecular weight is 253 g/mol. The van der Waals surface area contributed by atoms with Crippen LogP contribution in [0.2, 0.25) is 0 Å². The van der Waals surface area contributed by atoms with E-state index in [1.165, 1.54) is 0 Å². The molecule has 0 atom stereocenters. The number of ether oxygens (including phenoxy) is 2. The van der Waals surface area contributed by atoms with Crippen LogP contribution in [0.15, 0.2) is 12.3 Å². The molecule has 0 radical (unpaired) electrons. The predicted octanol–water partition coefficient (Wildman–Crippen LogP) is 1.35. The first-order chi connectivity index (χ1) is 8.55. The van der Waals surface area contributed by atoms with Crippen molar-refractivity contribution in [1.82, 2.24) is 14.7 Å². The summed E-state index contributed by atoms with van der Waals surface area (Å²) in [5, 5.41) is 4.42. The van der Waals surface area contributed by atoms with Gasteiger partial charge in [0.05, 0.1) is 18.8 Å². The largest absolute Gasteiger partial charge is 0.475 e. The summed E-state index contributed by atoms with van der Waals surface area (Å²) in [5.74, 6) is 0.707. The van der Waals surface area contributed by atoms with Crippen molar-refractivity contribution in [3.63, 3.8) is 0 Å². The molecule has 18 heavy (non-hydrogen) atoms. The predicted molar refractivity (Wildman–Crippen MR) is 70.0 cm³/mol. The van der Waals surface area contributed by atoms with E-state index in [-0.39, 0.29) is 5.54 Å². The van der Waals surface area contributed by atoms with E-state index in [0.717, 1.165) is 32.8 Å². The van der Waals surface area contributed by atoms with Crippen molar-refractivity contribution in [1.29, 1.82) is 0 Å². The van der Waals surface area contributed by atoms with Crippen LogP contribution in [0.25, 0.3) is 0 Å². The Bertz CT molecular complexity index is 365. The van der Waals surface area contributed by atoms with Crippen LogP contribution in [0.3, 0.4) is 0 Å². The van der Waals surface area contributed by atoms with E-state index in [4.69, 9.17) is 9.47 Å². The first-order valence-corrected chi connectivity index (χ1v) is 6.55. The van der Waals surface area contributed by atoms with E-state index in [1.54, 1.807) is 0 Å². The van der Waals surface area contributed by atoms with E-state index < -0.39 is 0 Å². The minimum absolute atomic E-state index is 0.00577. The summed E-state index contributed by atoms with van der Waals surface area (Å²) in [5.41, 5.74) is 0.00577. The summed E-state index contributed by atoms with van der Waals surface area (Å²) in [6.45, 7) is 11.6. The molecule has 0 aliphatic carbocycles. The van der Waals surface area contributed by atoms with E-state index >= 15 is 0 Å². The second kappa shape index (κ2) is 5.71. The van der Waals surface area contributed by atoms with Crippen LogP contribution in [0.4, 0.5) is 0 Å². The molecule has 0 unspecified atom stereocenters. The van der Waals surface area contributed by atoms with Gasteiger partial charge in [-0.25, -0.2) is 0 Å². The smallest absolute Gasteiger partial charge is 0.232 e. The molecule has 1 saturated heterocycles. The summed E-state index contributed by atoms with van der Waals surface area (Å²) in [4.78, 5) is 2.35.